The second-order valence-corrected chi connectivity index (χ2v) is 18.7. The van der Waals surface area contributed by atoms with Crippen LogP contribution in [-0.2, 0) is 8.85 Å². The van der Waals surface area contributed by atoms with Crippen LogP contribution < -0.4 is 0 Å². The molecule has 0 bridgehead atoms. The normalized spacial score (nSPS) is 18.8. The van der Waals surface area contributed by atoms with E-state index in [1.165, 1.54) is 0 Å². The summed E-state index contributed by atoms with van der Waals surface area (Å²) in [5, 5.41) is -0.440. The van der Waals surface area contributed by atoms with Crippen molar-refractivity contribution in [3.8, 4) is 0 Å². The van der Waals surface area contributed by atoms with Gasteiger partial charge in [0.1, 0.15) is 0 Å². The Kier molecular flexibility index (Phi) is 6.88. The molecular formula is C13H34O4Si3. The summed E-state index contributed by atoms with van der Waals surface area (Å²) in [7, 11) is -7.20. The molecule has 0 radical (unpaired) electrons. The van der Waals surface area contributed by atoms with Crippen LogP contribution in [0, 0.1) is 0 Å². The van der Waals surface area contributed by atoms with Gasteiger partial charge in [-0.05, 0) is 59.0 Å². The number of hydrogen-bond acceptors (Lipinski definition) is 4. The Hall–Kier alpha value is 0.491. The van der Waals surface area contributed by atoms with Crippen LogP contribution >= 0.6 is 0 Å². The van der Waals surface area contributed by atoms with Gasteiger partial charge in [0, 0.05) is 0 Å². The molecule has 7 heteroatoms. The van der Waals surface area contributed by atoms with Gasteiger partial charge in [0.15, 0.2) is 0 Å². The summed E-state index contributed by atoms with van der Waals surface area (Å²) in [4.78, 5) is 20.5. The molecule has 0 aromatic heterocycles. The van der Waals surface area contributed by atoms with Gasteiger partial charge in [-0.15, -0.1) is 0 Å². The first kappa shape index (κ1) is 20.5. The van der Waals surface area contributed by atoms with Gasteiger partial charge in [-0.25, -0.2) is 0 Å². The summed E-state index contributed by atoms with van der Waals surface area (Å²) in [6.45, 7) is 17.8. The van der Waals surface area contributed by atoms with Crippen molar-refractivity contribution >= 4 is 25.2 Å². The first-order chi connectivity index (χ1) is 8.68. The van der Waals surface area contributed by atoms with Crippen molar-refractivity contribution in [3.63, 3.8) is 0 Å². The largest absolute Gasteiger partial charge is 0.430 e. The van der Waals surface area contributed by atoms with Gasteiger partial charge in [-0.1, -0.05) is 13.8 Å². The molecule has 0 aromatic rings. The van der Waals surface area contributed by atoms with E-state index < -0.39 is 30.4 Å². The van der Waals surface area contributed by atoms with Crippen LogP contribution in [0.3, 0.4) is 0 Å². The Morgan fingerprint density at radius 3 is 1.70 bits per heavy atom. The van der Waals surface area contributed by atoms with Crippen LogP contribution in [0.25, 0.3) is 0 Å². The minimum absolute atomic E-state index is 0.0814. The van der Waals surface area contributed by atoms with Gasteiger partial charge < -0.3 is 18.4 Å². The third-order valence-electron chi connectivity index (χ3n) is 4.02. The van der Waals surface area contributed by atoms with Crippen LogP contribution in [0.4, 0.5) is 0 Å². The number of rotatable bonds is 8. The summed E-state index contributed by atoms with van der Waals surface area (Å²) in [6.07, 6.45) is 1.61. The molecule has 0 rings (SSSR count). The van der Waals surface area contributed by atoms with E-state index in [0.29, 0.717) is 0 Å². The summed E-state index contributed by atoms with van der Waals surface area (Å²) in [5.74, 6) is 0. The molecule has 0 aromatic carbocycles. The minimum Gasteiger partial charge on any atom is -0.430 e. The number of hydrogen-bond donors (Lipinski definition) is 2. The maximum absolute atomic E-state index is 10.4. The summed E-state index contributed by atoms with van der Waals surface area (Å²) >= 11 is 0. The lowest BCUT2D eigenvalue weighted by molar-refractivity contribution is 0.0815. The lowest BCUT2D eigenvalue weighted by Crippen LogP contribution is -2.63. The van der Waals surface area contributed by atoms with Crippen LogP contribution in [0.15, 0.2) is 0 Å². The van der Waals surface area contributed by atoms with Crippen molar-refractivity contribution in [1.29, 1.82) is 0 Å². The van der Waals surface area contributed by atoms with E-state index in [-0.39, 0.29) is 5.73 Å². The Bertz CT molecular complexity index is 310. The van der Waals surface area contributed by atoms with Crippen LogP contribution in [0.5, 0.6) is 0 Å². The standard InChI is InChI=1S/C13H34O4Si3/c1-10-12(18(4,5)14)16-19(6,7)13(3,11-2)17-20(8,9)15/h12,14-15H,10-11H2,1-9H3. The summed E-state index contributed by atoms with van der Waals surface area (Å²) in [5.41, 5.74) is -0.0814. The van der Waals surface area contributed by atoms with Crippen LogP contribution in [0.1, 0.15) is 33.6 Å². The highest BCUT2D eigenvalue weighted by Crippen LogP contribution is 2.34. The van der Waals surface area contributed by atoms with E-state index in [0.717, 1.165) is 12.8 Å². The third kappa shape index (κ3) is 5.70. The molecule has 0 heterocycles. The Morgan fingerprint density at radius 2 is 1.45 bits per heavy atom. The first-order valence-corrected chi connectivity index (χ1v) is 16.3. The lowest BCUT2D eigenvalue weighted by atomic mass is 10.3. The second kappa shape index (κ2) is 6.72. The van der Waals surface area contributed by atoms with Gasteiger partial charge in [0.25, 0.3) is 0 Å². The molecule has 0 saturated carbocycles. The zero-order valence-corrected chi connectivity index (χ0v) is 17.7. The molecular weight excluding hydrogens is 304 g/mol. The molecule has 2 N–H and O–H groups in total. The maximum atomic E-state index is 10.4. The molecule has 2 unspecified atom stereocenters. The molecule has 0 spiro atoms. The summed E-state index contributed by atoms with van der Waals surface area (Å²) < 4.78 is 12.5. The molecule has 0 fully saturated rings. The topological polar surface area (TPSA) is 58.9 Å². The summed E-state index contributed by atoms with van der Waals surface area (Å²) in [6, 6.07) is 0. The Morgan fingerprint density at radius 1 is 1.00 bits per heavy atom. The predicted octanol–water partition coefficient (Wildman–Crippen LogP) is 3.14. The molecule has 2 atom stereocenters. The smallest absolute Gasteiger partial charge is 0.329 e. The molecule has 0 aliphatic heterocycles. The average Bonchev–Trinajstić information content (AvgIpc) is 2.21. The Labute approximate surface area is 128 Å². The van der Waals surface area contributed by atoms with Crippen molar-refractivity contribution in [2.45, 2.75) is 83.8 Å². The van der Waals surface area contributed by atoms with Crippen molar-refractivity contribution in [2.24, 2.45) is 0 Å². The first-order valence-electron chi connectivity index (χ1n) is 7.51. The molecule has 0 saturated heterocycles. The fourth-order valence-electron chi connectivity index (χ4n) is 2.38. The molecule has 0 amide bonds. The fraction of sp³-hybridized carbons (Fsp3) is 1.00. The zero-order chi connectivity index (χ0) is 16.4. The highest BCUT2D eigenvalue weighted by Gasteiger charge is 2.50. The minimum atomic E-state index is -2.63. The van der Waals surface area contributed by atoms with E-state index in [1.54, 1.807) is 13.1 Å². The molecule has 4 nitrogen and oxygen atoms in total. The van der Waals surface area contributed by atoms with E-state index >= 15 is 0 Å². The molecule has 20 heavy (non-hydrogen) atoms. The molecule has 122 valence electrons. The van der Waals surface area contributed by atoms with Gasteiger partial charge in [-0.3, -0.25) is 0 Å². The quantitative estimate of drug-likeness (QED) is 0.668. The predicted molar refractivity (Wildman–Crippen MR) is 91.8 cm³/mol. The molecule has 0 aliphatic carbocycles. The van der Waals surface area contributed by atoms with Gasteiger partial charge >= 0.3 is 8.56 Å². The van der Waals surface area contributed by atoms with Gasteiger partial charge in [0.2, 0.25) is 16.6 Å². The Balaban J connectivity index is 5.25. The highest BCUT2D eigenvalue weighted by atomic mass is 28.4. The average molecular weight is 339 g/mol. The maximum Gasteiger partial charge on any atom is 0.329 e. The van der Waals surface area contributed by atoms with E-state index in [4.69, 9.17) is 8.85 Å². The third-order valence-corrected chi connectivity index (χ3v) is 11.4. The van der Waals surface area contributed by atoms with E-state index in [2.05, 4.69) is 26.9 Å². The van der Waals surface area contributed by atoms with E-state index in [1.807, 2.05) is 20.0 Å². The zero-order valence-electron chi connectivity index (χ0n) is 14.7. The SMILES string of the molecule is CCC(O[Si](C)(C)C(C)(CC)O[Si](C)(C)O)[Si](C)(C)O. The van der Waals surface area contributed by atoms with Gasteiger partial charge in [-0.2, -0.15) is 0 Å². The van der Waals surface area contributed by atoms with Crippen LogP contribution in [0.2, 0.25) is 39.3 Å². The highest BCUT2D eigenvalue weighted by molar-refractivity contribution is 6.78. The van der Waals surface area contributed by atoms with Crippen molar-refractivity contribution < 1.29 is 18.4 Å². The lowest BCUT2D eigenvalue weighted by Gasteiger charge is -2.47. The van der Waals surface area contributed by atoms with E-state index in [9.17, 15) is 9.59 Å². The van der Waals surface area contributed by atoms with Crippen molar-refractivity contribution in [1.82, 2.24) is 0 Å². The van der Waals surface area contributed by atoms with Crippen molar-refractivity contribution in [3.05, 3.63) is 0 Å². The van der Waals surface area contributed by atoms with Gasteiger partial charge in [0.05, 0.1) is 11.0 Å². The van der Waals surface area contributed by atoms with Crippen molar-refractivity contribution in [2.75, 3.05) is 0 Å². The van der Waals surface area contributed by atoms with Crippen LogP contribution in [-0.4, -0.2) is 45.7 Å². The monoisotopic (exact) mass is 338 g/mol. The molecule has 0 aliphatic rings. The second-order valence-electron chi connectivity index (χ2n) is 7.31. The fourth-order valence-corrected chi connectivity index (χ4v) is 10.4.